The predicted molar refractivity (Wildman–Crippen MR) is 122 cm³/mol. The molecular formula is C24H32N4O2. The van der Waals surface area contributed by atoms with E-state index in [2.05, 4.69) is 24.0 Å². The largest absolute Gasteiger partial charge is 0.378 e. The maximum atomic E-state index is 13.0. The van der Waals surface area contributed by atoms with Gasteiger partial charge in [-0.25, -0.2) is 4.98 Å². The second-order valence-electron chi connectivity index (χ2n) is 7.90. The summed E-state index contributed by atoms with van der Waals surface area (Å²) < 4.78 is 7.81. The molecule has 1 N–H and O–H groups in total. The number of fused-ring (bicyclic) bond motifs is 1. The lowest BCUT2D eigenvalue weighted by molar-refractivity contribution is 0.0227. The SMILES string of the molecule is C=N/C=C\C=C(/C)c1cc(C)n2ccc(C(=O)N[C@H]3CC[C@H](OCCC)CC3)c2n1. The summed E-state index contributed by atoms with van der Waals surface area (Å²) in [6.45, 7) is 10.4. The van der Waals surface area contributed by atoms with Gasteiger partial charge in [-0.15, -0.1) is 0 Å². The maximum Gasteiger partial charge on any atom is 0.255 e. The van der Waals surface area contributed by atoms with Crippen LogP contribution in [0.3, 0.4) is 0 Å². The molecule has 2 aromatic heterocycles. The summed E-state index contributed by atoms with van der Waals surface area (Å²) in [6, 6.07) is 4.06. The van der Waals surface area contributed by atoms with Crippen molar-refractivity contribution < 1.29 is 9.53 Å². The molecule has 30 heavy (non-hydrogen) atoms. The fourth-order valence-electron chi connectivity index (χ4n) is 3.87. The number of carbonyl (C=O) groups is 1. The summed E-state index contributed by atoms with van der Waals surface area (Å²) in [6.07, 6.45) is 12.6. The molecule has 1 fully saturated rings. The van der Waals surface area contributed by atoms with Crippen molar-refractivity contribution in [2.45, 2.75) is 65.0 Å². The second-order valence-corrected chi connectivity index (χ2v) is 7.90. The molecule has 0 bridgehead atoms. The molecule has 2 heterocycles. The van der Waals surface area contributed by atoms with Crippen LogP contribution in [0.25, 0.3) is 11.2 Å². The van der Waals surface area contributed by atoms with Crippen LogP contribution in [-0.2, 0) is 4.74 Å². The molecule has 1 saturated carbocycles. The van der Waals surface area contributed by atoms with Crippen LogP contribution in [-0.4, -0.2) is 40.8 Å². The van der Waals surface area contributed by atoms with Crippen molar-refractivity contribution in [2.75, 3.05) is 6.61 Å². The molecule has 0 unspecified atom stereocenters. The van der Waals surface area contributed by atoms with Gasteiger partial charge < -0.3 is 14.5 Å². The van der Waals surface area contributed by atoms with E-state index >= 15 is 0 Å². The van der Waals surface area contributed by atoms with E-state index in [1.165, 1.54) is 0 Å². The van der Waals surface area contributed by atoms with Crippen LogP contribution in [0.5, 0.6) is 0 Å². The van der Waals surface area contributed by atoms with Crippen molar-refractivity contribution in [3.8, 4) is 0 Å². The number of amides is 1. The van der Waals surface area contributed by atoms with Crippen molar-refractivity contribution >= 4 is 23.8 Å². The molecule has 0 aromatic carbocycles. The smallest absolute Gasteiger partial charge is 0.255 e. The molecule has 1 amide bonds. The second kappa shape index (κ2) is 10.3. The highest BCUT2D eigenvalue weighted by Gasteiger charge is 2.24. The predicted octanol–water partition coefficient (Wildman–Crippen LogP) is 4.73. The van der Waals surface area contributed by atoms with Crippen molar-refractivity contribution in [1.82, 2.24) is 14.7 Å². The fourth-order valence-corrected chi connectivity index (χ4v) is 3.87. The third-order valence-corrected chi connectivity index (χ3v) is 5.56. The Morgan fingerprint density at radius 1 is 1.40 bits per heavy atom. The first kappa shape index (κ1) is 22.0. The number of allylic oxidation sites excluding steroid dienone is 3. The third-order valence-electron chi connectivity index (χ3n) is 5.56. The topological polar surface area (TPSA) is 68.0 Å². The van der Waals surface area contributed by atoms with Crippen LogP contribution < -0.4 is 5.32 Å². The Labute approximate surface area is 178 Å². The number of ether oxygens (including phenoxy) is 1. The van der Waals surface area contributed by atoms with E-state index in [4.69, 9.17) is 9.72 Å². The Bertz CT molecular complexity index is 950. The van der Waals surface area contributed by atoms with Crippen LogP contribution in [0.4, 0.5) is 0 Å². The van der Waals surface area contributed by atoms with Gasteiger partial charge >= 0.3 is 0 Å². The van der Waals surface area contributed by atoms with E-state index in [-0.39, 0.29) is 11.9 Å². The Morgan fingerprint density at radius 3 is 2.87 bits per heavy atom. The molecule has 0 aliphatic heterocycles. The van der Waals surface area contributed by atoms with Gasteiger partial charge in [0.25, 0.3) is 5.91 Å². The van der Waals surface area contributed by atoms with Gasteiger partial charge in [-0.1, -0.05) is 13.0 Å². The highest BCUT2D eigenvalue weighted by molar-refractivity contribution is 6.00. The number of aryl methyl sites for hydroxylation is 1. The first-order chi connectivity index (χ1) is 14.5. The molecular weight excluding hydrogens is 376 g/mol. The van der Waals surface area contributed by atoms with Gasteiger partial charge in [0.05, 0.1) is 17.4 Å². The van der Waals surface area contributed by atoms with Gasteiger partial charge in [-0.05, 0) is 76.5 Å². The number of nitrogens with one attached hydrogen (secondary N) is 1. The van der Waals surface area contributed by atoms with E-state index in [0.29, 0.717) is 17.3 Å². The Balaban J connectivity index is 1.74. The molecule has 0 spiro atoms. The van der Waals surface area contributed by atoms with Crippen molar-refractivity contribution in [2.24, 2.45) is 4.99 Å². The zero-order valence-electron chi connectivity index (χ0n) is 18.2. The minimum absolute atomic E-state index is 0.0585. The monoisotopic (exact) mass is 408 g/mol. The van der Waals surface area contributed by atoms with Crippen LogP contribution in [0.15, 0.2) is 41.7 Å². The molecule has 0 radical (unpaired) electrons. The van der Waals surface area contributed by atoms with Crippen LogP contribution in [0, 0.1) is 6.92 Å². The number of nitrogens with zero attached hydrogens (tertiary/aromatic N) is 3. The maximum absolute atomic E-state index is 13.0. The number of hydrogen-bond acceptors (Lipinski definition) is 4. The number of aliphatic imine (C=N–C) groups is 1. The highest BCUT2D eigenvalue weighted by atomic mass is 16.5. The average molecular weight is 409 g/mol. The normalized spacial score (nSPS) is 20.0. The lowest BCUT2D eigenvalue weighted by atomic mass is 9.92. The lowest BCUT2D eigenvalue weighted by Crippen LogP contribution is -2.39. The van der Waals surface area contributed by atoms with Crippen LogP contribution >= 0.6 is 0 Å². The summed E-state index contributed by atoms with van der Waals surface area (Å²) in [5, 5.41) is 3.21. The Hall–Kier alpha value is -2.73. The minimum Gasteiger partial charge on any atom is -0.378 e. The summed E-state index contributed by atoms with van der Waals surface area (Å²) in [5.41, 5.74) is 4.16. The van der Waals surface area contributed by atoms with Gasteiger partial charge in [-0.3, -0.25) is 9.79 Å². The van der Waals surface area contributed by atoms with Gasteiger partial charge in [-0.2, -0.15) is 0 Å². The van der Waals surface area contributed by atoms with E-state index in [1.54, 1.807) is 6.20 Å². The molecule has 6 nitrogen and oxygen atoms in total. The van der Waals surface area contributed by atoms with Crippen molar-refractivity contribution in [1.29, 1.82) is 0 Å². The number of rotatable bonds is 8. The standard InChI is InChI=1S/C24H32N4O2/c1-5-15-30-20-10-8-19(9-11-20)26-24(29)21-12-14-28-18(3)16-22(27-23(21)28)17(2)7-6-13-25-4/h6-7,12-14,16,19-20H,4-5,8-11,15H2,1-3H3,(H,26,29)/b13-6-,17-7+/t19-,20-. The summed E-state index contributed by atoms with van der Waals surface area (Å²) in [4.78, 5) is 21.5. The quantitative estimate of drug-likeness (QED) is 0.507. The zero-order valence-corrected chi connectivity index (χ0v) is 18.2. The lowest BCUT2D eigenvalue weighted by Gasteiger charge is -2.29. The van der Waals surface area contributed by atoms with Crippen LogP contribution in [0.1, 0.15) is 67.7 Å². The fraction of sp³-hybridized carbons (Fsp3) is 0.458. The molecule has 1 aliphatic rings. The first-order valence-corrected chi connectivity index (χ1v) is 10.7. The summed E-state index contributed by atoms with van der Waals surface area (Å²) in [5.74, 6) is -0.0585. The molecule has 6 heteroatoms. The van der Waals surface area contributed by atoms with Gasteiger partial charge in [0.15, 0.2) is 0 Å². The average Bonchev–Trinajstić information content (AvgIpc) is 3.18. The van der Waals surface area contributed by atoms with Gasteiger partial charge in [0.1, 0.15) is 5.65 Å². The van der Waals surface area contributed by atoms with Crippen LogP contribution in [0.2, 0.25) is 0 Å². The van der Waals surface area contributed by atoms with E-state index in [1.807, 2.05) is 48.7 Å². The van der Waals surface area contributed by atoms with Crippen molar-refractivity contribution in [3.63, 3.8) is 0 Å². The molecule has 2 aromatic rings. The molecule has 0 atom stereocenters. The zero-order chi connectivity index (χ0) is 21.5. The van der Waals surface area contributed by atoms with E-state index in [9.17, 15) is 4.79 Å². The number of aromatic nitrogens is 2. The third kappa shape index (κ3) is 5.25. The Morgan fingerprint density at radius 2 is 2.17 bits per heavy atom. The number of carbonyl (C=O) groups excluding carboxylic acids is 1. The first-order valence-electron chi connectivity index (χ1n) is 10.7. The summed E-state index contributed by atoms with van der Waals surface area (Å²) in [7, 11) is 0. The molecule has 0 saturated heterocycles. The highest BCUT2D eigenvalue weighted by Crippen LogP contribution is 2.23. The molecule has 1 aliphatic carbocycles. The molecule has 160 valence electrons. The minimum atomic E-state index is -0.0585. The molecule has 3 rings (SSSR count). The van der Waals surface area contributed by atoms with E-state index < -0.39 is 0 Å². The summed E-state index contributed by atoms with van der Waals surface area (Å²) >= 11 is 0. The number of hydrogen-bond donors (Lipinski definition) is 1. The Kier molecular flexibility index (Phi) is 7.57. The van der Waals surface area contributed by atoms with E-state index in [0.717, 1.165) is 55.7 Å². The van der Waals surface area contributed by atoms with Crippen molar-refractivity contribution in [3.05, 3.63) is 53.6 Å². The van der Waals surface area contributed by atoms with Gasteiger partial charge in [0.2, 0.25) is 0 Å². The van der Waals surface area contributed by atoms with Gasteiger partial charge in [0, 0.05) is 30.7 Å².